The number of carbonyl (C=O) groups is 1. The predicted molar refractivity (Wildman–Crippen MR) is 122 cm³/mol. The Hall–Kier alpha value is -1.61. The summed E-state index contributed by atoms with van der Waals surface area (Å²) in [5.41, 5.74) is 4.35. The Bertz CT molecular complexity index is 915. The van der Waals surface area contributed by atoms with Crippen LogP contribution in [0.3, 0.4) is 0 Å². The van der Waals surface area contributed by atoms with E-state index in [-0.39, 0.29) is 11.3 Å². The molecule has 2 unspecified atom stereocenters. The lowest BCUT2D eigenvalue weighted by molar-refractivity contribution is -0.127. The van der Waals surface area contributed by atoms with Gasteiger partial charge in [0.25, 0.3) is 0 Å². The monoisotopic (exact) mass is 419 g/mol. The van der Waals surface area contributed by atoms with Gasteiger partial charge in [0.2, 0.25) is 5.91 Å². The minimum absolute atomic E-state index is 0.108. The molecule has 1 N–H and O–H groups in total. The Morgan fingerprint density at radius 2 is 1.74 bits per heavy atom. The maximum Gasteiger partial charge on any atom is 0.224 e. The van der Waals surface area contributed by atoms with Crippen molar-refractivity contribution in [1.82, 2.24) is 5.32 Å². The van der Waals surface area contributed by atoms with Crippen molar-refractivity contribution in [3.05, 3.63) is 47.2 Å². The molecular formula is C28H37NO2. The summed E-state index contributed by atoms with van der Waals surface area (Å²) in [4.78, 5) is 12.3. The SMILES string of the molecule is Cc1ccc(C2C=C3NC(=O)CC[C@]3(C)[C@@H]3CC[C@]4(C)C(OC5CC5)CC[C@H]4[C@H]23)cc1. The molecule has 1 amide bonds. The number of piperidine rings is 1. The van der Waals surface area contributed by atoms with Gasteiger partial charge in [-0.15, -0.1) is 0 Å². The van der Waals surface area contributed by atoms with E-state index >= 15 is 0 Å². The quantitative estimate of drug-likeness (QED) is 0.664. The van der Waals surface area contributed by atoms with Gasteiger partial charge in [-0.25, -0.2) is 0 Å². The molecule has 0 spiro atoms. The van der Waals surface area contributed by atoms with Gasteiger partial charge in [-0.05, 0) is 80.6 Å². The number of aryl methyl sites for hydroxylation is 1. The zero-order chi connectivity index (χ0) is 21.4. The number of hydrogen-bond donors (Lipinski definition) is 1. The van der Waals surface area contributed by atoms with Crippen LogP contribution >= 0.6 is 0 Å². The first-order valence-corrected chi connectivity index (χ1v) is 12.6. The van der Waals surface area contributed by atoms with Crippen molar-refractivity contribution in [2.75, 3.05) is 0 Å². The van der Waals surface area contributed by atoms with E-state index in [1.54, 1.807) is 0 Å². The molecular weight excluding hydrogens is 382 g/mol. The molecule has 4 aliphatic carbocycles. The van der Waals surface area contributed by atoms with Crippen LogP contribution in [0.5, 0.6) is 0 Å². The lowest BCUT2D eigenvalue weighted by Crippen LogP contribution is -2.55. The maximum absolute atomic E-state index is 12.3. The van der Waals surface area contributed by atoms with E-state index in [9.17, 15) is 4.79 Å². The number of allylic oxidation sites excluding steroid dienone is 2. The second-order valence-corrected chi connectivity index (χ2v) is 11.7. The van der Waals surface area contributed by atoms with Crippen LogP contribution in [0.1, 0.15) is 82.3 Å². The third kappa shape index (κ3) is 3.06. The van der Waals surface area contributed by atoms with Crippen LogP contribution in [-0.4, -0.2) is 18.1 Å². The van der Waals surface area contributed by atoms with E-state index in [0.29, 0.717) is 47.7 Å². The highest BCUT2D eigenvalue weighted by Gasteiger charge is 2.61. The van der Waals surface area contributed by atoms with Gasteiger partial charge in [0.1, 0.15) is 0 Å². The highest BCUT2D eigenvalue weighted by molar-refractivity contribution is 5.79. The fraction of sp³-hybridized carbons (Fsp3) is 0.679. The van der Waals surface area contributed by atoms with Crippen LogP contribution in [0.25, 0.3) is 0 Å². The fourth-order valence-corrected chi connectivity index (χ4v) is 7.93. The Kier molecular flexibility index (Phi) is 4.49. The van der Waals surface area contributed by atoms with Crippen molar-refractivity contribution in [3.8, 4) is 0 Å². The molecule has 166 valence electrons. The van der Waals surface area contributed by atoms with Gasteiger partial charge in [-0.2, -0.15) is 0 Å². The van der Waals surface area contributed by atoms with Crippen LogP contribution in [-0.2, 0) is 9.53 Å². The summed E-state index contributed by atoms with van der Waals surface area (Å²) in [5, 5.41) is 3.31. The summed E-state index contributed by atoms with van der Waals surface area (Å²) in [6.45, 7) is 7.15. The van der Waals surface area contributed by atoms with Gasteiger partial charge in [-0.1, -0.05) is 49.8 Å². The first kappa shape index (κ1) is 20.0. The Labute approximate surface area is 187 Å². The number of carbonyl (C=O) groups excluding carboxylic acids is 1. The van der Waals surface area contributed by atoms with Crippen molar-refractivity contribution in [3.63, 3.8) is 0 Å². The average molecular weight is 420 g/mol. The van der Waals surface area contributed by atoms with Crippen LogP contribution in [0.4, 0.5) is 0 Å². The molecule has 5 aliphatic rings. The van der Waals surface area contributed by atoms with Crippen molar-refractivity contribution in [2.24, 2.45) is 28.6 Å². The largest absolute Gasteiger partial charge is 0.374 e. The number of benzene rings is 1. The van der Waals surface area contributed by atoms with E-state index in [0.717, 1.165) is 6.42 Å². The number of amides is 1. The van der Waals surface area contributed by atoms with E-state index in [1.807, 2.05) is 0 Å². The van der Waals surface area contributed by atoms with E-state index in [2.05, 4.69) is 56.4 Å². The van der Waals surface area contributed by atoms with Gasteiger partial charge in [-0.3, -0.25) is 4.79 Å². The molecule has 0 aromatic heterocycles. The van der Waals surface area contributed by atoms with Crippen LogP contribution < -0.4 is 5.32 Å². The van der Waals surface area contributed by atoms with E-state index < -0.39 is 0 Å². The van der Waals surface area contributed by atoms with Crippen molar-refractivity contribution < 1.29 is 9.53 Å². The molecule has 0 radical (unpaired) electrons. The highest BCUT2D eigenvalue weighted by Crippen LogP contribution is 2.67. The molecule has 7 atom stereocenters. The van der Waals surface area contributed by atoms with E-state index in [1.165, 1.54) is 55.3 Å². The molecule has 6 rings (SSSR count). The third-order valence-corrected chi connectivity index (χ3v) is 9.93. The molecule has 1 aromatic carbocycles. The topological polar surface area (TPSA) is 38.3 Å². The third-order valence-electron chi connectivity index (χ3n) is 9.93. The summed E-state index contributed by atoms with van der Waals surface area (Å²) in [7, 11) is 0. The highest BCUT2D eigenvalue weighted by atomic mass is 16.5. The molecule has 4 fully saturated rings. The minimum atomic E-state index is 0.108. The number of hydrogen-bond acceptors (Lipinski definition) is 2. The lowest BCUT2D eigenvalue weighted by Gasteiger charge is -2.59. The van der Waals surface area contributed by atoms with Crippen LogP contribution in [0.2, 0.25) is 0 Å². The molecule has 3 saturated carbocycles. The number of fused-ring (bicyclic) bond motifs is 5. The molecule has 31 heavy (non-hydrogen) atoms. The maximum atomic E-state index is 12.3. The zero-order valence-electron chi connectivity index (χ0n) is 19.3. The van der Waals surface area contributed by atoms with Gasteiger partial charge < -0.3 is 10.1 Å². The second-order valence-electron chi connectivity index (χ2n) is 11.7. The molecule has 3 nitrogen and oxygen atoms in total. The second kappa shape index (κ2) is 6.94. The number of nitrogens with one attached hydrogen (secondary N) is 1. The Morgan fingerprint density at radius 1 is 0.968 bits per heavy atom. The van der Waals surface area contributed by atoms with E-state index in [4.69, 9.17) is 4.74 Å². The minimum Gasteiger partial charge on any atom is -0.374 e. The zero-order valence-corrected chi connectivity index (χ0v) is 19.3. The fourth-order valence-electron chi connectivity index (χ4n) is 7.93. The van der Waals surface area contributed by atoms with Crippen molar-refractivity contribution in [2.45, 2.75) is 90.3 Å². The van der Waals surface area contributed by atoms with Gasteiger partial charge in [0.15, 0.2) is 0 Å². The molecule has 1 saturated heterocycles. The summed E-state index contributed by atoms with van der Waals surface area (Å²) in [5.74, 6) is 2.56. The summed E-state index contributed by atoms with van der Waals surface area (Å²) in [6, 6.07) is 9.18. The first-order valence-electron chi connectivity index (χ1n) is 12.6. The molecule has 1 heterocycles. The summed E-state index contributed by atoms with van der Waals surface area (Å²) < 4.78 is 6.60. The summed E-state index contributed by atoms with van der Waals surface area (Å²) in [6.07, 6.45) is 12.7. The summed E-state index contributed by atoms with van der Waals surface area (Å²) >= 11 is 0. The number of ether oxygens (including phenoxy) is 1. The Balaban J connectivity index is 1.43. The van der Waals surface area contributed by atoms with Gasteiger partial charge in [0.05, 0.1) is 12.2 Å². The molecule has 1 aromatic rings. The van der Waals surface area contributed by atoms with Crippen molar-refractivity contribution in [1.29, 1.82) is 0 Å². The lowest BCUT2D eigenvalue weighted by atomic mass is 9.47. The smallest absolute Gasteiger partial charge is 0.224 e. The van der Waals surface area contributed by atoms with Crippen LogP contribution in [0, 0.1) is 35.5 Å². The molecule has 0 bridgehead atoms. The average Bonchev–Trinajstić information content (AvgIpc) is 3.51. The Morgan fingerprint density at radius 3 is 2.48 bits per heavy atom. The van der Waals surface area contributed by atoms with Gasteiger partial charge >= 0.3 is 0 Å². The standard InChI is InChI=1S/C28H37NO2/c1-17-4-6-18(7-5-17)20-16-23-27(2,15-13-25(30)29-23)22-12-14-28(3)21(26(20)22)10-11-24(28)31-19-8-9-19/h4-7,16,19-22,24,26H,8-15H2,1-3H3,(H,29,30)/t20?,21-,22+,24?,26-,27+,28-/m0/s1. The van der Waals surface area contributed by atoms with Crippen LogP contribution in [0.15, 0.2) is 36.0 Å². The normalized spacial score (nSPS) is 44.0. The number of rotatable bonds is 3. The predicted octanol–water partition coefficient (Wildman–Crippen LogP) is 5.88. The molecule has 1 aliphatic heterocycles. The van der Waals surface area contributed by atoms with Gasteiger partial charge in [0, 0.05) is 23.5 Å². The first-order chi connectivity index (χ1) is 14.9. The molecule has 3 heteroatoms. The van der Waals surface area contributed by atoms with Crippen molar-refractivity contribution >= 4 is 5.91 Å².